The van der Waals surface area contributed by atoms with Crippen molar-refractivity contribution in [3.05, 3.63) is 35.4 Å². The number of aryl methyl sites for hydroxylation is 1. The lowest BCUT2D eigenvalue weighted by molar-refractivity contribution is 0.333. The second-order valence-electron chi connectivity index (χ2n) is 5.87. The molecule has 0 heterocycles. The predicted octanol–water partition coefficient (Wildman–Crippen LogP) is 3.58. The molecule has 1 unspecified atom stereocenters. The first kappa shape index (κ1) is 14.2. The van der Waals surface area contributed by atoms with Crippen molar-refractivity contribution in [2.75, 3.05) is 0 Å². The first-order valence-corrected chi connectivity index (χ1v) is 6.52. The van der Waals surface area contributed by atoms with E-state index in [0.29, 0.717) is 5.41 Å². The number of nitrogens with two attached hydrogens (primary N) is 1. The van der Waals surface area contributed by atoms with Gasteiger partial charge in [0.05, 0.1) is 0 Å². The minimum absolute atomic E-state index is 0.269. The van der Waals surface area contributed by atoms with Crippen LogP contribution in [-0.2, 0) is 6.42 Å². The molecule has 0 radical (unpaired) electrons. The summed E-state index contributed by atoms with van der Waals surface area (Å²) >= 11 is 0. The van der Waals surface area contributed by atoms with E-state index in [1.165, 1.54) is 17.5 Å². The fourth-order valence-corrected chi connectivity index (χ4v) is 2.10. The highest BCUT2D eigenvalue weighted by Crippen LogP contribution is 2.28. The van der Waals surface area contributed by atoms with E-state index in [4.69, 9.17) is 5.84 Å². The first-order chi connectivity index (χ1) is 7.98. The van der Waals surface area contributed by atoms with Gasteiger partial charge >= 0.3 is 0 Å². The Morgan fingerprint density at radius 2 is 1.88 bits per heavy atom. The van der Waals surface area contributed by atoms with Gasteiger partial charge in [0.2, 0.25) is 0 Å². The number of hydrazine groups is 1. The highest BCUT2D eigenvalue weighted by atomic mass is 15.2. The number of rotatable bonds is 5. The highest BCUT2D eigenvalue weighted by Gasteiger charge is 2.17. The van der Waals surface area contributed by atoms with Crippen molar-refractivity contribution in [3.8, 4) is 0 Å². The smallest absolute Gasteiger partial charge is 0.0462 e. The standard InChI is InChI=1S/C15H26N2/c1-5-12-8-6-7-9-13(12)14(17-16)10-11-15(2,3)4/h6-9,14,17H,5,10-11,16H2,1-4H3. The van der Waals surface area contributed by atoms with Crippen LogP contribution in [0.25, 0.3) is 0 Å². The van der Waals surface area contributed by atoms with E-state index in [1.807, 2.05) is 0 Å². The van der Waals surface area contributed by atoms with Crippen molar-refractivity contribution in [2.45, 2.75) is 53.0 Å². The molecule has 1 aromatic carbocycles. The van der Waals surface area contributed by atoms with Gasteiger partial charge in [-0.1, -0.05) is 52.0 Å². The molecule has 0 aromatic heterocycles. The average Bonchev–Trinajstić information content (AvgIpc) is 2.29. The van der Waals surface area contributed by atoms with Gasteiger partial charge in [-0.3, -0.25) is 11.3 Å². The van der Waals surface area contributed by atoms with Gasteiger partial charge in [-0.15, -0.1) is 0 Å². The number of nitrogens with one attached hydrogen (secondary N) is 1. The van der Waals surface area contributed by atoms with Crippen LogP contribution in [0.2, 0.25) is 0 Å². The molecule has 0 saturated carbocycles. The van der Waals surface area contributed by atoms with Gasteiger partial charge in [0.1, 0.15) is 0 Å². The van der Waals surface area contributed by atoms with E-state index in [9.17, 15) is 0 Å². The minimum atomic E-state index is 0.269. The van der Waals surface area contributed by atoms with E-state index in [-0.39, 0.29) is 6.04 Å². The summed E-state index contributed by atoms with van der Waals surface area (Å²) in [7, 11) is 0. The number of hydrogen-bond donors (Lipinski definition) is 2. The van der Waals surface area contributed by atoms with Crippen molar-refractivity contribution < 1.29 is 0 Å². The zero-order valence-corrected chi connectivity index (χ0v) is 11.6. The Morgan fingerprint density at radius 1 is 1.24 bits per heavy atom. The second kappa shape index (κ2) is 6.18. The molecule has 3 N–H and O–H groups in total. The van der Waals surface area contributed by atoms with Crippen LogP contribution in [0.4, 0.5) is 0 Å². The van der Waals surface area contributed by atoms with Crippen molar-refractivity contribution in [1.82, 2.24) is 5.43 Å². The lowest BCUT2D eigenvalue weighted by atomic mass is 9.86. The number of benzene rings is 1. The van der Waals surface area contributed by atoms with Gasteiger partial charge in [0, 0.05) is 6.04 Å². The Labute approximate surface area is 106 Å². The summed E-state index contributed by atoms with van der Waals surface area (Å²) < 4.78 is 0. The molecule has 0 aliphatic heterocycles. The lowest BCUT2D eigenvalue weighted by Gasteiger charge is -2.24. The summed E-state index contributed by atoms with van der Waals surface area (Å²) in [5, 5.41) is 0. The van der Waals surface area contributed by atoms with Gasteiger partial charge in [0.25, 0.3) is 0 Å². The van der Waals surface area contributed by atoms with Crippen LogP contribution in [0.1, 0.15) is 57.7 Å². The van der Waals surface area contributed by atoms with E-state index >= 15 is 0 Å². The summed E-state index contributed by atoms with van der Waals surface area (Å²) in [6.07, 6.45) is 3.31. The quantitative estimate of drug-likeness (QED) is 0.603. The van der Waals surface area contributed by atoms with Crippen LogP contribution in [-0.4, -0.2) is 0 Å². The Balaban J connectivity index is 2.79. The van der Waals surface area contributed by atoms with Crippen LogP contribution >= 0.6 is 0 Å². The lowest BCUT2D eigenvalue weighted by Crippen LogP contribution is -2.29. The van der Waals surface area contributed by atoms with Gasteiger partial charge in [-0.2, -0.15) is 0 Å². The third-order valence-electron chi connectivity index (χ3n) is 3.20. The monoisotopic (exact) mass is 234 g/mol. The first-order valence-electron chi connectivity index (χ1n) is 6.52. The van der Waals surface area contributed by atoms with Crippen molar-refractivity contribution in [2.24, 2.45) is 11.3 Å². The molecule has 0 aliphatic carbocycles. The van der Waals surface area contributed by atoms with E-state index < -0.39 is 0 Å². The molecule has 1 aromatic rings. The van der Waals surface area contributed by atoms with Crippen LogP contribution in [0.3, 0.4) is 0 Å². The molecule has 2 nitrogen and oxygen atoms in total. The van der Waals surface area contributed by atoms with Crippen molar-refractivity contribution in [3.63, 3.8) is 0 Å². The van der Waals surface area contributed by atoms with Gasteiger partial charge in [-0.25, -0.2) is 0 Å². The summed E-state index contributed by atoms with van der Waals surface area (Å²) in [5.74, 6) is 5.71. The molecular weight excluding hydrogens is 208 g/mol. The van der Waals surface area contributed by atoms with Crippen LogP contribution in [0, 0.1) is 5.41 Å². The fraction of sp³-hybridized carbons (Fsp3) is 0.600. The summed E-state index contributed by atoms with van der Waals surface area (Å²) in [6, 6.07) is 8.84. The zero-order chi connectivity index (χ0) is 12.9. The summed E-state index contributed by atoms with van der Waals surface area (Å²) in [4.78, 5) is 0. The maximum atomic E-state index is 5.71. The van der Waals surface area contributed by atoms with Gasteiger partial charge in [0.15, 0.2) is 0 Å². The molecular formula is C15H26N2. The second-order valence-corrected chi connectivity index (χ2v) is 5.87. The SMILES string of the molecule is CCc1ccccc1C(CCC(C)(C)C)NN. The van der Waals surface area contributed by atoms with E-state index in [1.54, 1.807) is 0 Å². The third-order valence-corrected chi connectivity index (χ3v) is 3.20. The maximum absolute atomic E-state index is 5.71. The fourth-order valence-electron chi connectivity index (χ4n) is 2.10. The highest BCUT2D eigenvalue weighted by molar-refractivity contribution is 5.29. The largest absolute Gasteiger partial charge is 0.271 e. The average molecular weight is 234 g/mol. The third kappa shape index (κ3) is 4.49. The summed E-state index contributed by atoms with van der Waals surface area (Å²) in [5.41, 5.74) is 6.06. The van der Waals surface area contributed by atoms with Gasteiger partial charge in [-0.05, 0) is 35.8 Å². The topological polar surface area (TPSA) is 38.0 Å². The molecule has 96 valence electrons. The maximum Gasteiger partial charge on any atom is 0.0462 e. The van der Waals surface area contributed by atoms with Crippen molar-refractivity contribution >= 4 is 0 Å². The normalized spacial score (nSPS) is 13.7. The van der Waals surface area contributed by atoms with E-state index in [0.717, 1.165) is 12.8 Å². The predicted molar refractivity (Wildman–Crippen MR) is 74.6 cm³/mol. The molecule has 0 fully saturated rings. The molecule has 17 heavy (non-hydrogen) atoms. The van der Waals surface area contributed by atoms with E-state index in [2.05, 4.69) is 57.4 Å². The zero-order valence-electron chi connectivity index (χ0n) is 11.6. The molecule has 0 amide bonds. The minimum Gasteiger partial charge on any atom is -0.271 e. The van der Waals surface area contributed by atoms with Crippen molar-refractivity contribution in [1.29, 1.82) is 0 Å². The molecule has 0 aliphatic rings. The van der Waals surface area contributed by atoms with Crippen LogP contribution < -0.4 is 11.3 Å². The molecule has 0 bridgehead atoms. The molecule has 0 saturated heterocycles. The molecule has 2 heteroatoms. The van der Waals surface area contributed by atoms with Crippen LogP contribution in [0.5, 0.6) is 0 Å². The molecule has 1 rings (SSSR count). The Bertz CT molecular complexity index is 339. The Hall–Kier alpha value is -0.860. The number of hydrogen-bond acceptors (Lipinski definition) is 2. The van der Waals surface area contributed by atoms with Crippen LogP contribution in [0.15, 0.2) is 24.3 Å². The molecule has 0 spiro atoms. The van der Waals surface area contributed by atoms with Gasteiger partial charge < -0.3 is 0 Å². The Morgan fingerprint density at radius 3 is 2.41 bits per heavy atom. The Kier molecular flexibility index (Phi) is 5.16. The summed E-state index contributed by atoms with van der Waals surface area (Å²) in [6.45, 7) is 9.00. The molecule has 1 atom stereocenters.